The molecule has 6 heteroatoms. The molecule has 1 fully saturated rings. The largest absolute Gasteiger partial charge is 0.497 e. The molecule has 2 N–H and O–H groups in total. The maximum absolute atomic E-state index is 12.1. The lowest BCUT2D eigenvalue weighted by atomic mass is 10.1. The molecular weight excluding hydrogens is 323 g/mol. The highest BCUT2D eigenvalue weighted by atomic mass is 35.5. The average Bonchev–Trinajstić information content (AvgIpc) is 2.83. The minimum absolute atomic E-state index is 0.0880. The number of ether oxygens (including phenoxy) is 1. The van der Waals surface area contributed by atoms with E-state index < -0.39 is 9.75 Å². The van der Waals surface area contributed by atoms with Crippen LogP contribution in [-0.4, -0.2) is 28.9 Å². The Labute approximate surface area is 139 Å². The second kappa shape index (κ2) is 5.36. The van der Waals surface area contributed by atoms with E-state index in [0.717, 1.165) is 28.6 Å². The highest BCUT2D eigenvalue weighted by molar-refractivity contribution is 6.53. The number of carbonyl (C=O) groups is 1. The molecule has 0 saturated heterocycles. The van der Waals surface area contributed by atoms with Crippen molar-refractivity contribution in [3.63, 3.8) is 0 Å². The van der Waals surface area contributed by atoms with Gasteiger partial charge in [0.25, 0.3) is 0 Å². The standard InChI is InChI=1S/C16H18Cl2N2O2/c1-15(9-16(15,17)18)14(21)19-6-5-10-8-20-13-4-3-11(22-2)7-12(10)13/h3-4,7-8,20H,5-6,9H2,1-2H3,(H,19,21)/t15-/m1/s1. The number of rotatable bonds is 5. The summed E-state index contributed by atoms with van der Waals surface area (Å²) in [6, 6.07) is 5.89. The molecule has 0 radical (unpaired) electrons. The summed E-state index contributed by atoms with van der Waals surface area (Å²) in [4.78, 5) is 15.4. The monoisotopic (exact) mass is 340 g/mol. The first kappa shape index (κ1) is 15.5. The minimum Gasteiger partial charge on any atom is -0.497 e. The van der Waals surface area contributed by atoms with Crippen molar-refractivity contribution in [2.45, 2.75) is 24.1 Å². The molecule has 3 rings (SSSR count). The second-order valence-electron chi connectivity index (χ2n) is 5.94. The molecule has 1 aliphatic carbocycles. The Morgan fingerprint density at radius 1 is 1.45 bits per heavy atom. The normalized spacial score (nSPS) is 22.5. The first-order valence-electron chi connectivity index (χ1n) is 7.17. The first-order chi connectivity index (χ1) is 10.4. The lowest BCUT2D eigenvalue weighted by Gasteiger charge is -2.12. The summed E-state index contributed by atoms with van der Waals surface area (Å²) in [5.41, 5.74) is 1.52. The molecule has 118 valence electrons. The molecule has 1 saturated carbocycles. The van der Waals surface area contributed by atoms with Crippen LogP contribution < -0.4 is 10.1 Å². The van der Waals surface area contributed by atoms with E-state index in [9.17, 15) is 4.79 Å². The molecule has 1 aromatic heterocycles. The van der Waals surface area contributed by atoms with Crippen LogP contribution in [0.3, 0.4) is 0 Å². The van der Waals surface area contributed by atoms with Crippen molar-refractivity contribution in [3.05, 3.63) is 30.0 Å². The highest BCUT2D eigenvalue weighted by Crippen LogP contribution is 2.63. The van der Waals surface area contributed by atoms with Crippen LogP contribution in [0.4, 0.5) is 0 Å². The molecule has 0 spiro atoms. The summed E-state index contributed by atoms with van der Waals surface area (Å²) in [7, 11) is 1.65. The Hall–Kier alpha value is -1.39. The van der Waals surface area contributed by atoms with Crippen molar-refractivity contribution < 1.29 is 9.53 Å². The first-order valence-corrected chi connectivity index (χ1v) is 7.93. The SMILES string of the molecule is COc1ccc2[nH]cc(CCNC(=O)[C@@]3(C)CC3(Cl)Cl)c2c1. The molecule has 0 bridgehead atoms. The maximum atomic E-state index is 12.1. The number of methoxy groups -OCH3 is 1. The van der Waals surface area contributed by atoms with Gasteiger partial charge in [-0.25, -0.2) is 0 Å². The molecule has 1 amide bonds. The van der Waals surface area contributed by atoms with E-state index in [2.05, 4.69) is 10.3 Å². The van der Waals surface area contributed by atoms with E-state index in [0.29, 0.717) is 13.0 Å². The van der Waals surface area contributed by atoms with Gasteiger partial charge in [-0.05, 0) is 43.5 Å². The van der Waals surface area contributed by atoms with Crippen LogP contribution >= 0.6 is 23.2 Å². The van der Waals surface area contributed by atoms with Crippen LogP contribution in [0.15, 0.2) is 24.4 Å². The highest BCUT2D eigenvalue weighted by Gasteiger charge is 2.67. The molecule has 1 aliphatic rings. The fourth-order valence-electron chi connectivity index (χ4n) is 2.64. The molecule has 4 nitrogen and oxygen atoms in total. The van der Waals surface area contributed by atoms with Crippen LogP contribution in [0.1, 0.15) is 18.9 Å². The zero-order chi connectivity index (χ0) is 16.0. The van der Waals surface area contributed by atoms with Crippen LogP contribution in [0, 0.1) is 5.41 Å². The summed E-state index contributed by atoms with van der Waals surface area (Å²) in [6.45, 7) is 2.33. The number of amides is 1. The number of carbonyl (C=O) groups excluding carboxylic acids is 1. The van der Waals surface area contributed by atoms with Crippen molar-refractivity contribution in [3.8, 4) is 5.75 Å². The molecule has 0 aliphatic heterocycles. The van der Waals surface area contributed by atoms with E-state index in [1.54, 1.807) is 14.0 Å². The zero-order valence-corrected chi connectivity index (χ0v) is 14.0. The second-order valence-corrected chi connectivity index (χ2v) is 7.43. The maximum Gasteiger partial charge on any atom is 0.229 e. The van der Waals surface area contributed by atoms with Crippen LogP contribution in [0.5, 0.6) is 5.75 Å². The van der Waals surface area contributed by atoms with E-state index >= 15 is 0 Å². The Morgan fingerprint density at radius 3 is 2.82 bits per heavy atom. The van der Waals surface area contributed by atoms with Crippen molar-refractivity contribution in [1.29, 1.82) is 0 Å². The minimum atomic E-state index is -0.925. The van der Waals surface area contributed by atoms with Gasteiger partial charge in [0.15, 0.2) is 0 Å². The average molecular weight is 341 g/mol. The Bertz CT molecular complexity index is 726. The number of alkyl halides is 2. The third-order valence-corrected chi connectivity index (χ3v) is 5.51. The summed E-state index contributed by atoms with van der Waals surface area (Å²) in [5.74, 6) is 0.729. The fourth-order valence-corrected chi connectivity index (χ4v) is 3.35. The van der Waals surface area contributed by atoms with Gasteiger partial charge < -0.3 is 15.0 Å². The quantitative estimate of drug-likeness (QED) is 0.819. The Kier molecular flexibility index (Phi) is 3.77. The number of fused-ring (bicyclic) bond motifs is 1. The summed E-state index contributed by atoms with van der Waals surface area (Å²) < 4.78 is 4.33. The number of H-pyrrole nitrogens is 1. The predicted molar refractivity (Wildman–Crippen MR) is 88.7 cm³/mol. The van der Waals surface area contributed by atoms with Gasteiger partial charge in [0.2, 0.25) is 5.91 Å². The number of nitrogens with one attached hydrogen (secondary N) is 2. The molecular formula is C16H18Cl2N2O2. The van der Waals surface area contributed by atoms with Gasteiger partial charge in [-0.15, -0.1) is 23.2 Å². The Morgan fingerprint density at radius 2 is 2.18 bits per heavy atom. The molecule has 2 aromatic rings. The molecule has 0 unspecified atom stereocenters. The van der Waals surface area contributed by atoms with E-state index in [1.807, 2.05) is 24.4 Å². The van der Waals surface area contributed by atoms with Gasteiger partial charge in [0.1, 0.15) is 10.1 Å². The van der Waals surface area contributed by atoms with E-state index in [-0.39, 0.29) is 5.91 Å². The van der Waals surface area contributed by atoms with E-state index in [1.165, 1.54) is 0 Å². The molecule has 1 atom stereocenters. The van der Waals surface area contributed by atoms with Gasteiger partial charge in [0, 0.05) is 23.6 Å². The topological polar surface area (TPSA) is 54.1 Å². The van der Waals surface area contributed by atoms with Crippen molar-refractivity contribution in [2.75, 3.05) is 13.7 Å². The summed E-state index contributed by atoms with van der Waals surface area (Å²) >= 11 is 12.0. The summed E-state index contributed by atoms with van der Waals surface area (Å²) in [6.07, 6.45) is 3.19. The van der Waals surface area contributed by atoms with Gasteiger partial charge in [-0.1, -0.05) is 0 Å². The zero-order valence-electron chi connectivity index (χ0n) is 12.5. The number of aromatic amines is 1. The third kappa shape index (κ3) is 2.55. The number of aromatic nitrogens is 1. The number of hydrogen-bond acceptors (Lipinski definition) is 2. The van der Waals surface area contributed by atoms with Crippen molar-refractivity contribution in [2.24, 2.45) is 5.41 Å². The third-order valence-electron chi connectivity index (χ3n) is 4.41. The van der Waals surface area contributed by atoms with Gasteiger partial charge in [-0.2, -0.15) is 0 Å². The molecule has 22 heavy (non-hydrogen) atoms. The van der Waals surface area contributed by atoms with Crippen molar-refractivity contribution in [1.82, 2.24) is 10.3 Å². The van der Waals surface area contributed by atoms with Crippen molar-refractivity contribution >= 4 is 40.0 Å². The van der Waals surface area contributed by atoms with Gasteiger partial charge >= 0.3 is 0 Å². The molecule has 1 aromatic carbocycles. The van der Waals surface area contributed by atoms with Crippen LogP contribution in [0.2, 0.25) is 0 Å². The predicted octanol–water partition coefficient (Wildman–Crippen LogP) is 3.42. The van der Waals surface area contributed by atoms with Crippen LogP contribution in [0.25, 0.3) is 10.9 Å². The lowest BCUT2D eigenvalue weighted by molar-refractivity contribution is -0.125. The van der Waals surface area contributed by atoms with Gasteiger partial charge in [0.05, 0.1) is 12.5 Å². The van der Waals surface area contributed by atoms with Gasteiger partial charge in [-0.3, -0.25) is 4.79 Å². The number of hydrogen-bond donors (Lipinski definition) is 2. The molecule has 1 heterocycles. The van der Waals surface area contributed by atoms with Crippen LogP contribution in [-0.2, 0) is 11.2 Å². The number of benzene rings is 1. The Balaban J connectivity index is 1.64. The smallest absolute Gasteiger partial charge is 0.229 e. The number of halogens is 2. The summed E-state index contributed by atoms with van der Waals surface area (Å²) in [5, 5.41) is 4.03. The lowest BCUT2D eigenvalue weighted by Crippen LogP contribution is -2.34. The fraction of sp³-hybridized carbons (Fsp3) is 0.438. The van der Waals surface area contributed by atoms with E-state index in [4.69, 9.17) is 27.9 Å².